The van der Waals surface area contributed by atoms with Gasteiger partial charge >= 0.3 is 0 Å². The van der Waals surface area contributed by atoms with E-state index in [2.05, 4.69) is 0 Å². The Bertz CT molecular complexity index is 2050. The molecular formula is C39H50O20. The number of phenols is 2. The molecular weight excluding hydrogens is 788 g/mol. The van der Waals surface area contributed by atoms with Gasteiger partial charge in [-0.1, -0.05) is 11.6 Å². The third-order valence-electron chi connectivity index (χ3n) is 10.5. The molecule has 3 aliphatic rings. The Labute approximate surface area is 336 Å². The molecule has 1 aromatic heterocycles. The zero-order valence-electron chi connectivity index (χ0n) is 32.6. The lowest BCUT2D eigenvalue weighted by Gasteiger charge is -2.45. The van der Waals surface area contributed by atoms with Gasteiger partial charge in [-0.05, 0) is 52.3 Å². The van der Waals surface area contributed by atoms with Crippen molar-refractivity contribution in [3.05, 3.63) is 51.7 Å². The van der Waals surface area contributed by atoms with Crippen LogP contribution in [0.5, 0.6) is 28.7 Å². The normalized spacial score (nSPS) is 35.0. The highest BCUT2D eigenvalue weighted by Gasteiger charge is 2.51. The number of methoxy groups -OCH3 is 1. The Morgan fingerprint density at radius 1 is 0.729 bits per heavy atom. The molecule has 0 unspecified atom stereocenters. The molecule has 2 aromatic carbocycles. The van der Waals surface area contributed by atoms with Gasteiger partial charge in [-0.25, -0.2) is 0 Å². The van der Waals surface area contributed by atoms with Crippen LogP contribution in [0, 0.1) is 0 Å². The second kappa shape index (κ2) is 17.8. The Kier molecular flexibility index (Phi) is 13.4. The van der Waals surface area contributed by atoms with E-state index in [1.807, 2.05) is 0 Å². The lowest BCUT2D eigenvalue weighted by Crippen LogP contribution is -2.63. The summed E-state index contributed by atoms with van der Waals surface area (Å²) in [6.07, 6.45) is -22.8. The SMILES string of the molecule is COc1ccc(-c2oc3c(CC=C(C)C)c(O[C@@H]4O[C@H](CO)[C@@H](O)[C@H](O)[C@H]4O)cc(O)c3c(=O)c2O[C@@H]2O[C@@H](C)[C@H](O)[C@@H](O)[C@H]2O[C@@H]2O[C@@H](C)[C@H](O)[C@@H](O)[C@H]2O)cc1O. The minimum Gasteiger partial charge on any atom is -0.507 e. The summed E-state index contributed by atoms with van der Waals surface area (Å²) in [5.74, 6) is -2.37. The summed E-state index contributed by atoms with van der Waals surface area (Å²) in [5, 5.41) is 116. The van der Waals surface area contributed by atoms with Gasteiger partial charge in [0, 0.05) is 17.2 Å². The molecule has 0 saturated carbocycles. The topological polar surface area (TPSA) is 317 Å². The minimum atomic E-state index is -1.86. The fourth-order valence-corrected chi connectivity index (χ4v) is 7.02. The van der Waals surface area contributed by atoms with Crippen molar-refractivity contribution in [1.82, 2.24) is 0 Å². The minimum absolute atomic E-state index is 0.00379. The Morgan fingerprint density at radius 2 is 1.36 bits per heavy atom. The second-order valence-electron chi connectivity index (χ2n) is 14.9. The number of benzene rings is 2. The molecule has 3 fully saturated rings. The highest BCUT2D eigenvalue weighted by atomic mass is 16.8. The van der Waals surface area contributed by atoms with Gasteiger partial charge in [-0.2, -0.15) is 0 Å². The number of aliphatic hydroxyl groups excluding tert-OH is 9. The molecule has 3 aliphatic heterocycles. The molecule has 3 saturated heterocycles. The lowest BCUT2D eigenvalue weighted by atomic mass is 9.98. The van der Waals surface area contributed by atoms with E-state index in [-0.39, 0.29) is 40.4 Å². The molecule has 11 N–H and O–H groups in total. The average Bonchev–Trinajstić information content (AvgIpc) is 3.19. The van der Waals surface area contributed by atoms with Crippen LogP contribution in [-0.2, 0) is 25.4 Å². The zero-order valence-corrected chi connectivity index (χ0v) is 32.6. The lowest BCUT2D eigenvalue weighted by molar-refractivity contribution is -0.352. The van der Waals surface area contributed by atoms with Gasteiger partial charge in [0.2, 0.25) is 23.8 Å². The third-order valence-corrected chi connectivity index (χ3v) is 10.5. The Balaban J connectivity index is 1.52. The van der Waals surface area contributed by atoms with Gasteiger partial charge < -0.3 is 93.7 Å². The van der Waals surface area contributed by atoms with E-state index in [1.54, 1.807) is 19.9 Å². The summed E-state index contributed by atoms with van der Waals surface area (Å²) in [7, 11) is 1.31. The summed E-state index contributed by atoms with van der Waals surface area (Å²) in [4.78, 5) is 14.8. The van der Waals surface area contributed by atoms with Crippen molar-refractivity contribution in [3.63, 3.8) is 0 Å². The Morgan fingerprint density at radius 3 is 1.98 bits per heavy atom. The van der Waals surface area contributed by atoms with Gasteiger partial charge in [0.15, 0.2) is 29.7 Å². The second-order valence-corrected chi connectivity index (χ2v) is 14.9. The molecule has 0 bridgehead atoms. The van der Waals surface area contributed by atoms with E-state index in [0.29, 0.717) is 0 Å². The number of phenolic OH excluding ortho intramolecular Hbond substituents is 2. The van der Waals surface area contributed by atoms with Crippen molar-refractivity contribution in [2.24, 2.45) is 0 Å². The summed E-state index contributed by atoms with van der Waals surface area (Å²) in [6, 6.07) is 4.95. The van der Waals surface area contributed by atoms with Crippen molar-refractivity contribution in [2.45, 2.75) is 126 Å². The predicted molar refractivity (Wildman–Crippen MR) is 200 cm³/mol. The van der Waals surface area contributed by atoms with Crippen LogP contribution < -0.4 is 19.6 Å². The van der Waals surface area contributed by atoms with Crippen LogP contribution >= 0.6 is 0 Å². The molecule has 20 heteroatoms. The highest BCUT2D eigenvalue weighted by Crippen LogP contribution is 2.43. The van der Waals surface area contributed by atoms with Gasteiger partial charge in [-0.15, -0.1) is 0 Å². The first-order valence-electron chi connectivity index (χ1n) is 18.7. The van der Waals surface area contributed by atoms with Crippen LogP contribution in [0.3, 0.4) is 0 Å². The van der Waals surface area contributed by atoms with Gasteiger partial charge in [0.25, 0.3) is 0 Å². The molecule has 59 heavy (non-hydrogen) atoms. The van der Waals surface area contributed by atoms with Gasteiger partial charge in [0.05, 0.1) is 25.9 Å². The molecule has 326 valence electrons. The molecule has 0 aliphatic carbocycles. The quantitative estimate of drug-likeness (QED) is 0.0992. The number of hydrogen-bond acceptors (Lipinski definition) is 20. The van der Waals surface area contributed by atoms with Crippen LogP contribution in [0.1, 0.15) is 33.3 Å². The van der Waals surface area contributed by atoms with E-state index in [0.717, 1.165) is 11.6 Å². The van der Waals surface area contributed by atoms with E-state index < -0.39 is 127 Å². The van der Waals surface area contributed by atoms with Gasteiger partial charge in [0.1, 0.15) is 77.4 Å². The van der Waals surface area contributed by atoms with E-state index in [9.17, 15) is 61.0 Å². The van der Waals surface area contributed by atoms with Crippen molar-refractivity contribution in [1.29, 1.82) is 0 Å². The molecule has 3 aromatic rings. The highest BCUT2D eigenvalue weighted by molar-refractivity contribution is 5.91. The molecule has 20 nitrogen and oxygen atoms in total. The monoisotopic (exact) mass is 838 g/mol. The average molecular weight is 839 g/mol. The van der Waals surface area contributed by atoms with Crippen LogP contribution in [0.4, 0.5) is 0 Å². The standard InChI is InChI=1S/C39H50O20/c1-13(2)6-8-17-21(55-38-32(51)29(48)26(45)22(12-40)56-38)11-19(42)23-27(46)35(33(57-34(17)23)16-7-9-20(52-5)18(41)10-16)58-39-36(30(49)25(44)15(4)54-39)59-37-31(50)28(47)24(43)14(3)53-37/h6-7,9-11,14-15,22,24-26,28-32,36-45,47-51H,8,12H2,1-5H3/t14-,15-,22+,24-,25-,26+,28+,29-,30+,31+,32+,36+,37-,38+,39-/m0/s1. The maximum atomic E-state index is 14.8. The molecule has 4 heterocycles. The fourth-order valence-electron chi connectivity index (χ4n) is 7.02. The van der Waals surface area contributed by atoms with Crippen LogP contribution in [0.2, 0.25) is 0 Å². The molecule has 15 atom stereocenters. The zero-order chi connectivity index (χ0) is 43.2. The van der Waals surface area contributed by atoms with Crippen molar-refractivity contribution in [3.8, 4) is 40.1 Å². The first-order valence-corrected chi connectivity index (χ1v) is 18.7. The summed E-state index contributed by atoms with van der Waals surface area (Å²) < 4.78 is 46.5. The number of allylic oxidation sites excluding steroid dienone is 2. The van der Waals surface area contributed by atoms with E-state index >= 15 is 0 Å². The van der Waals surface area contributed by atoms with Crippen LogP contribution in [-0.4, -0.2) is 162 Å². The molecule has 0 amide bonds. The fraction of sp³-hybridized carbons (Fsp3) is 0.564. The predicted octanol–water partition coefficient (Wildman–Crippen LogP) is -1.37. The summed E-state index contributed by atoms with van der Waals surface area (Å²) in [5.41, 5.74) is -0.426. The first-order chi connectivity index (χ1) is 27.9. The number of fused-ring (bicyclic) bond motifs is 1. The smallest absolute Gasteiger partial charge is 0.239 e. The van der Waals surface area contributed by atoms with E-state index in [4.69, 9.17) is 37.6 Å². The maximum Gasteiger partial charge on any atom is 0.239 e. The summed E-state index contributed by atoms with van der Waals surface area (Å²) in [6.45, 7) is 5.59. The van der Waals surface area contributed by atoms with Crippen molar-refractivity contribution in [2.75, 3.05) is 13.7 Å². The number of aliphatic hydroxyl groups is 9. The van der Waals surface area contributed by atoms with Crippen LogP contribution in [0.15, 0.2) is 45.1 Å². The van der Waals surface area contributed by atoms with Gasteiger partial charge in [-0.3, -0.25) is 4.79 Å². The largest absolute Gasteiger partial charge is 0.507 e. The first kappa shape index (κ1) is 44.4. The number of hydrogen-bond donors (Lipinski definition) is 11. The number of ether oxygens (including phenoxy) is 7. The number of rotatable bonds is 11. The summed E-state index contributed by atoms with van der Waals surface area (Å²) >= 11 is 0. The molecule has 6 rings (SSSR count). The van der Waals surface area contributed by atoms with Crippen molar-refractivity contribution >= 4 is 11.0 Å². The third kappa shape index (κ3) is 8.59. The Hall–Kier alpha value is -4.13. The molecule has 0 radical (unpaired) electrons. The van der Waals surface area contributed by atoms with E-state index in [1.165, 1.54) is 39.2 Å². The van der Waals surface area contributed by atoms with Crippen molar-refractivity contribution < 1.29 is 93.7 Å². The van der Waals surface area contributed by atoms with Crippen LogP contribution in [0.25, 0.3) is 22.3 Å². The number of aromatic hydroxyl groups is 2. The maximum absolute atomic E-state index is 14.8. The molecule has 0 spiro atoms.